The highest BCUT2D eigenvalue weighted by atomic mass is 16.5. The van der Waals surface area contributed by atoms with E-state index in [4.69, 9.17) is 13.6 Å². The molecule has 0 aliphatic carbocycles. The number of furan rings is 2. The van der Waals surface area contributed by atoms with Gasteiger partial charge in [0.1, 0.15) is 28.8 Å². The zero-order chi connectivity index (χ0) is 18.8. The van der Waals surface area contributed by atoms with Gasteiger partial charge in [0.25, 0.3) is 5.56 Å². The molecule has 0 fully saturated rings. The summed E-state index contributed by atoms with van der Waals surface area (Å²) in [6.07, 6.45) is 1.28. The van der Waals surface area contributed by atoms with E-state index in [-0.39, 0.29) is 41.3 Å². The third kappa shape index (κ3) is 2.99. The van der Waals surface area contributed by atoms with E-state index in [1.54, 1.807) is 19.9 Å². The van der Waals surface area contributed by atoms with Gasteiger partial charge in [-0.3, -0.25) is 9.36 Å². The van der Waals surface area contributed by atoms with Crippen LogP contribution < -0.4 is 5.56 Å². The van der Waals surface area contributed by atoms with E-state index < -0.39 is 17.5 Å². The monoisotopic (exact) mass is 360 g/mol. The van der Waals surface area contributed by atoms with Crippen LogP contribution in [0.1, 0.15) is 39.4 Å². The Labute approximate surface area is 147 Å². The van der Waals surface area contributed by atoms with Crippen molar-refractivity contribution in [2.75, 3.05) is 13.7 Å². The van der Waals surface area contributed by atoms with Crippen LogP contribution in [0.2, 0.25) is 0 Å². The number of hydrogen-bond acceptors (Lipinski definition) is 8. The van der Waals surface area contributed by atoms with E-state index in [2.05, 4.69) is 9.72 Å². The highest BCUT2D eigenvalue weighted by molar-refractivity contribution is 6.03. The molecule has 0 aliphatic heterocycles. The Morgan fingerprint density at radius 1 is 1.23 bits per heavy atom. The number of aromatic nitrogens is 2. The summed E-state index contributed by atoms with van der Waals surface area (Å²) in [7, 11) is 1.24. The molecule has 3 aromatic heterocycles. The van der Waals surface area contributed by atoms with Crippen molar-refractivity contribution in [2.24, 2.45) is 0 Å². The van der Waals surface area contributed by atoms with Gasteiger partial charge in [0.2, 0.25) is 11.5 Å². The summed E-state index contributed by atoms with van der Waals surface area (Å²) in [5.41, 5.74) is -0.365. The lowest BCUT2D eigenvalue weighted by atomic mass is 10.2. The van der Waals surface area contributed by atoms with Gasteiger partial charge in [-0.25, -0.2) is 14.6 Å². The number of fused-ring (bicyclic) bond motifs is 1. The molecule has 136 valence electrons. The summed E-state index contributed by atoms with van der Waals surface area (Å²) in [6.45, 7) is 3.42. The van der Waals surface area contributed by atoms with Gasteiger partial charge in [0.05, 0.1) is 20.3 Å². The number of esters is 2. The molecule has 9 nitrogen and oxygen atoms in total. The fraction of sp³-hybridized carbons (Fsp3) is 0.294. The molecule has 0 amide bonds. The zero-order valence-corrected chi connectivity index (χ0v) is 14.4. The van der Waals surface area contributed by atoms with Crippen LogP contribution in [0.25, 0.3) is 11.1 Å². The lowest BCUT2D eigenvalue weighted by Gasteiger charge is -2.04. The van der Waals surface area contributed by atoms with Gasteiger partial charge in [-0.15, -0.1) is 0 Å². The van der Waals surface area contributed by atoms with Crippen LogP contribution in [-0.4, -0.2) is 35.2 Å². The highest BCUT2D eigenvalue weighted by Gasteiger charge is 2.24. The van der Waals surface area contributed by atoms with Crippen molar-refractivity contribution in [2.45, 2.75) is 20.4 Å². The van der Waals surface area contributed by atoms with E-state index in [9.17, 15) is 14.4 Å². The minimum atomic E-state index is -0.647. The minimum Gasteiger partial charge on any atom is -0.463 e. The number of hydrogen-bond donors (Lipinski definition) is 0. The van der Waals surface area contributed by atoms with Crippen LogP contribution in [0.15, 0.2) is 32.1 Å². The summed E-state index contributed by atoms with van der Waals surface area (Å²) in [5.74, 6) is -0.632. The van der Waals surface area contributed by atoms with E-state index in [0.29, 0.717) is 5.76 Å². The zero-order valence-electron chi connectivity index (χ0n) is 14.4. The molecule has 3 aromatic rings. The minimum absolute atomic E-state index is 0.0191. The summed E-state index contributed by atoms with van der Waals surface area (Å²) in [4.78, 5) is 40.5. The lowest BCUT2D eigenvalue weighted by Crippen LogP contribution is -2.22. The first kappa shape index (κ1) is 17.5. The maximum Gasteiger partial charge on any atom is 0.373 e. The Kier molecular flexibility index (Phi) is 4.61. The number of carbonyl (C=O) groups excluding carboxylic acids is 2. The Morgan fingerprint density at radius 3 is 2.69 bits per heavy atom. The van der Waals surface area contributed by atoms with Gasteiger partial charge in [0, 0.05) is 0 Å². The first-order chi connectivity index (χ1) is 12.5. The number of rotatable bonds is 5. The molecule has 0 saturated carbocycles. The predicted octanol–water partition coefficient (Wildman–Crippen LogP) is 1.90. The molecule has 3 heterocycles. The molecule has 9 heteroatoms. The first-order valence-electron chi connectivity index (χ1n) is 7.79. The van der Waals surface area contributed by atoms with Gasteiger partial charge >= 0.3 is 11.9 Å². The Bertz CT molecular complexity index is 1040. The SMILES string of the molecule is CCOC(=O)c1c(C)oc2ncn(Cc3ccc(C(=O)OC)o3)c(=O)c12. The quantitative estimate of drug-likeness (QED) is 0.634. The van der Waals surface area contributed by atoms with Crippen LogP contribution in [0.4, 0.5) is 0 Å². The van der Waals surface area contributed by atoms with Crippen molar-refractivity contribution < 1.29 is 27.9 Å². The van der Waals surface area contributed by atoms with Crippen LogP contribution >= 0.6 is 0 Å². The van der Waals surface area contributed by atoms with E-state index in [1.807, 2.05) is 0 Å². The number of carbonyl (C=O) groups is 2. The molecule has 0 radical (unpaired) electrons. The molecular weight excluding hydrogens is 344 g/mol. The topological polar surface area (TPSA) is 114 Å². The van der Waals surface area contributed by atoms with Crippen LogP contribution in [-0.2, 0) is 16.0 Å². The van der Waals surface area contributed by atoms with Gasteiger partial charge in [-0.1, -0.05) is 0 Å². The Morgan fingerprint density at radius 2 is 2.00 bits per heavy atom. The second kappa shape index (κ2) is 6.87. The second-order valence-electron chi connectivity index (χ2n) is 5.37. The molecule has 0 bridgehead atoms. The first-order valence-corrected chi connectivity index (χ1v) is 7.79. The molecule has 0 saturated heterocycles. The molecule has 0 spiro atoms. The molecule has 0 N–H and O–H groups in total. The van der Waals surface area contributed by atoms with Crippen molar-refractivity contribution in [3.63, 3.8) is 0 Å². The third-order valence-corrected chi connectivity index (χ3v) is 3.71. The lowest BCUT2D eigenvalue weighted by molar-refractivity contribution is 0.0524. The van der Waals surface area contributed by atoms with Crippen LogP contribution in [0.5, 0.6) is 0 Å². The van der Waals surface area contributed by atoms with Crippen LogP contribution in [0.3, 0.4) is 0 Å². The second-order valence-corrected chi connectivity index (χ2v) is 5.37. The smallest absolute Gasteiger partial charge is 0.373 e. The van der Waals surface area contributed by atoms with E-state index in [1.165, 1.54) is 24.1 Å². The Hall–Kier alpha value is -3.36. The van der Waals surface area contributed by atoms with Gasteiger partial charge in [-0.05, 0) is 26.0 Å². The van der Waals surface area contributed by atoms with Crippen molar-refractivity contribution in [3.8, 4) is 0 Å². The Balaban J connectivity index is 2.02. The average molecular weight is 360 g/mol. The molecule has 26 heavy (non-hydrogen) atoms. The van der Waals surface area contributed by atoms with E-state index in [0.717, 1.165) is 0 Å². The fourth-order valence-corrected chi connectivity index (χ4v) is 2.54. The van der Waals surface area contributed by atoms with Crippen LogP contribution in [0, 0.1) is 6.92 Å². The third-order valence-electron chi connectivity index (χ3n) is 3.71. The largest absolute Gasteiger partial charge is 0.463 e. The average Bonchev–Trinajstić information content (AvgIpc) is 3.21. The van der Waals surface area contributed by atoms with Crippen molar-refractivity contribution >= 4 is 23.0 Å². The summed E-state index contributed by atoms with van der Waals surface area (Å²) in [5, 5.41) is 0.0446. The molecular formula is C17H16N2O7. The highest BCUT2D eigenvalue weighted by Crippen LogP contribution is 2.22. The standard InChI is InChI=1S/C17H16N2O7/c1-4-24-17(22)12-9(2)25-14-13(12)15(20)19(8-18-14)7-10-5-6-11(26-10)16(21)23-3/h5-6,8H,4,7H2,1-3H3. The van der Waals surface area contributed by atoms with Crippen molar-refractivity contribution in [1.82, 2.24) is 9.55 Å². The predicted molar refractivity (Wildman–Crippen MR) is 88.1 cm³/mol. The molecule has 3 rings (SSSR count). The van der Waals surface area contributed by atoms with Gasteiger partial charge < -0.3 is 18.3 Å². The molecule has 0 aromatic carbocycles. The van der Waals surface area contributed by atoms with E-state index >= 15 is 0 Å². The molecule has 0 unspecified atom stereocenters. The normalized spacial score (nSPS) is 10.9. The van der Waals surface area contributed by atoms with Crippen molar-refractivity contribution in [1.29, 1.82) is 0 Å². The maximum absolute atomic E-state index is 12.8. The molecule has 0 aliphatic rings. The summed E-state index contributed by atoms with van der Waals surface area (Å²) < 4.78 is 21.6. The van der Waals surface area contributed by atoms with Crippen molar-refractivity contribution in [3.05, 3.63) is 51.7 Å². The number of aryl methyl sites for hydroxylation is 1. The summed E-state index contributed by atoms with van der Waals surface area (Å²) in [6, 6.07) is 3.00. The maximum atomic E-state index is 12.8. The number of methoxy groups -OCH3 is 1. The number of nitrogens with zero attached hydrogens (tertiary/aromatic N) is 2. The van der Waals surface area contributed by atoms with Gasteiger partial charge in [-0.2, -0.15) is 0 Å². The van der Waals surface area contributed by atoms with Gasteiger partial charge in [0.15, 0.2) is 0 Å². The fourth-order valence-electron chi connectivity index (χ4n) is 2.54. The summed E-state index contributed by atoms with van der Waals surface area (Å²) >= 11 is 0. The molecule has 0 atom stereocenters. The number of ether oxygens (including phenoxy) is 2.